The van der Waals surface area contributed by atoms with E-state index in [0.29, 0.717) is 12.1 Å². The van der Waals surface area contributed by atoms with Gasteiger partial charge in [0.2, 0.25) is 0 Å². The molecule has 0 saturated carbocycles. The Morgan fingerprint density at radius 2 is 2.14 bits per heavy atom. The van der Waals surface area contributed by atoms with Gasteiger partial charge in [0.25, 0.3) is 0 Å². The summed E-state index contributed by atoms with van der Waals surface area (Å²) in [6.45, 7) is 9.66. The second-order valence-corrected chi connectivity index (χ2v) is 6.08. The zero-order valence-electron chi connectivity index (χ0n) is 13.9. The van der Waals surface area contributed by atoms with Crippen molar-refractivity contribution in [2.24, 2.45) is 0 Å². The van der Waals surface area contributed by atoms with E-state index in [2.05, 4.69) is 53.1 Å². The number of aryl methyl sites for hydroxylation is 1. The third kappa shape index (κ3) is 4.49. The average Bonchev–Trinajstić information content (AvgIpc) is 2.90. The lowest BCUT2D eigenvalue weighted by atomic mass is 10.0. The summed E-state index contributed by atoms with van der Waals surface area (Å²) in [5.41, 5.74) is 0. The van der Waals surface area contributed by atoms with Gasteiger partial charge < -0.3 is 15.1 Å². The third-order valence-electron chi connectivity index (χ3n) is 4.45. The topological polar surface area (TPSA) is 49.2 Å². The van der Waals surface area contributed by atoms with Crippen molar-refractivity contribution in [2.45, 2.75) is 45.3 Å². The molecule has 1 fully saturated rings. The lowest BCUT2D eigenvalue weighted by Crippen LogP contribution is -2.52. The van der Waals surface area contributed by atoms with E-state index in [-0.39, 0.29) is 0 Å². The Bertz CT molecular complexity index is 418. The summed E-state index contributed by atoms with van der Waals surface area (Å²) in [4.78, 5) is 9.35. The van der Waals surface area contributed by atoms with E-state index in [0.717, 1.165) is 44.8 Å². The van der Waals surface area contributed by atoms with Crippen LogP contribution in [0.1, 0.15) is 26.1 Å². The molecule has 0 amide bonds. The molecule has 120 valence electrons. The van der Waals surface area contributed by atoms with Crippen LogP contribution in [-0.2, 0) is 13.0 Å². The van der Waals surface area contributed by atoms with Crippen LogP contribution < -0.4 is 5.32 Å². The average molecular weight is 294 g/mol. The summed E-state index contributed by atoms with van der Waals surface area (Å²) in [5, 5.41) is 7.91. The lowest BCUT2D eigenvalue weighted by Gasteiger charge is -2.39. The van der Waals surface area contributed by atoms with Gasteiger partial charge in [0.05, 0.1) is 0 Å². The highest BCUT2D eigenvalue weighted by molar-refractivity contribution is 4.92. The van der Waals surface area contributed by atoms with Crippen LogP contribution in [0.4, 0.5) is 0 Å². The standard InChI is InChI=1S/C15H30N6/c1-5-16-13(10-15-17-12-18-21(15)6-2)9-14-11-19(3)7-8-20(14)4/h12-14,16H,5-11H2,1-4H3. The normalized spacial score (nSPS) is 22.6. The molecule has 1 saturated heterocycles. The van der Waals surface area contributed by atoms with Gasteiger partial charge in [-0.3, -0.25) is 4.68 Å². The molecule has 2 heterocycles. The lowest BCUT2D eigenvalue weighted by molar-refractivity contribution is 0.101. The summed E-state index contributed by atoms with van der Waals surface area (Å²) < 4.78 is 2.00. The van der Waals surface area contributed by atoms with Gasteiger partial charge in [0, 0.05) is 44.7 Å². The number of likely N-dealkylation sites (N-methyl/N-ethyl adjacent to an activating group) is 3. The summed E-state index contributed by atoms with van der Waals surface area (Å²) in [6, 6.07) is 1.08. The molecular formula is C15H30N6. The molecule has 0 bridgehead atoms. The van der Waals surface area contributed by atoms with Gasteiger partial charge >= 0.3 is 0 Å². The molecule has 0 aromatic carbocycles. The van der Waals surface area contributed by atoms with E-state index >= 15 is 0 Å². The molecule has 1 aromatic rings. The third-order valence-corrected chi connectivity index (χ3v) is 4.45. The zero-order valence-corrected chi connectivity index (χ0v) is 13.9. The molecule has 2 atom stereocenters. The van der Waals surface area contributed by atoms with Gasteiger partial charge in [-0.2, -0.15) is 5.10 Å². The van der Waals surface area contributed by atoms with E-state index in [1.807, 2.05) is 4.68 Å². The van der Waals surface area contributed by atoms with Crippen molar-refractivity contribution in [2.75, 3.05) is 40.3 Å². The molecule has 1 aliphatic rings. The van der Waals surface area contributed by atoms with Crippen molar-refractivity contribution in [3.05, 3.63) is 12.2 Å². The second-order valence-electron chi connectivity index (χ2n) is 6.08. The molecule has 21 heavy (non-hydrogen) atoms. The first-order chi connectivity index (χ1) is 10.1. The maximum atomic E-state index is 4.42. The number of aromatic nitrogens is 3. The fourth-order valence-corrected chi connectivity index (χ4v) is 3.14. The van der Waals surface area contributed by atoms with Crippen LogP contribution in [0, 0.1) is 0 Å². The summed E-state index contributed by atoms with van der Waals surface area (Å²) in [7, 11) is 4.46. The molecule has 0 spiro atoms. The van der Waals surface area contributed by atoms with Crippen LogP contribution in [0.5, 0.6) is 0 Å². The first-order valence-corrected chi connectivity index (χ1v) is 8.12. The van der Waals surface area contributed by atoms with E-state index in [9.17, 15) is 0 Å². The number of piperazine rings is 1. The minimum absolute atomic E-state index is 0.462. The Hall–Kier alpha value is -0.980. The smallest absolute Gasteiger partial charge is 0.138 e. The number of rotatable bonds is 7. The van der Waals surface area contributed by atoms with Crippen molar-refractivity contribution >= 4 is 0 Å². The van der Waals surface area contributed by atoms with Gasteiger partial charge in [0.1, 0.15) is 12.2 Å². The molecule has 1 N–H and O–H groups in total. The first kappa shape index (κ1) is 16.4. The predicted molar refractivity (Wildman–Crippen MR) is 85.4 cm³/mol. The highest BCUT2D eigenvalue weighted by atomic mass is 15.3. The van der Waals surface area contributed by atoms with Crippen LogP contribution >= 0.6 is 0 Å². The van der Waals surface area contributed by atoms with Crippen molar-refractivity contribution in [3.8, 4) is 0 Å². The van der Waals surface area contributed by atoms with Gasteiger partial charge in [-0.15, -0.1) is 0 Å². The van der Waals surface area contributed by atoms with Crippen molar-refractivity contribution in [3.63, 3.8) is 0 Å². The maximum Gasteiger partial charge on any atom is 0.138 e. The van der Waals surface area contributed by atoms with E-state index in [1.54, 1.807) is 6.33 Å². The largest absolute Gasteiger partial charge is 0.314 e. The Morgan fingerprint density at radius 1 is 1.33 bits per heavy atom. The summed E-state index contributed by atoms with van der Waals surface area (Å²) in [6.07, 6.45) is 3.78. The number of nitrogens with zero attached hydrogens (tertiary/aromatic N) is 5. The quantitative estimate of drug-likeness (QED) is 0.791. The Labute approximate surface area is 128 Å². The van der Waals surface area contributed by atoms with Gasteiger partial charge in [-0.05, 0) is 34.0 Å². The van der Waals surface area contributed by atoms with Crippen LogP contribution in [0.25, 0.3) is 0 Å². The number of hydrogen-bond donors (Lipinski definition) is 1. The van der Waals surface area contributed by atoms with E-state index in [1.165, 1.54) is 6.54 Å². The molecule has 1 aliphatic heterocycles. The Kier molecular flexibility index (Phi) is 6.14. The second kappa shape index (κ2) is 7.87. The minimum atomic E-state index is 0.462. The molecule has 2 rings (SSSR count). The van der Waals surface area contributed by atoms with Crippen molar-refractivity contribution in [1.82, 2.24) is 29.9 Å². The van der Waals surface area contributed by atoms with Crippen LogP contribution in [0.2, 0.25) is 0 Å². The molecule has 2 unspecified atom stereocenters. The Balaban J connectivity index is 1.98. The fourth-order valence-electron chi connectivity index (χ4n) is 3.14. The molecule has 6 heteroatoms. The van der Waals surface area contributed by atoms with Gasteiger partial charge in [-0.25, -0.2) is 4.98 Å². The number of hydrogen-bond acceptors (Lipinski definition) is 5. The summed E-state index contributed by atoms with van der Waals surface area (Å²) >= 11 is 0. The van der Waals surface area contributed by atoms with Crippen LogP contribution in [-0.4, -0.2) is 76.9 Å². The molecular weight excluding hydrogens is 264 g/mol. The van der Waals surface area contributed by atoms with Crippen LogP contribution in [0.3, 0.4) is 0 Å². The fraction of sp³-hybridized carbons (Fsp3) is 0.867. The van der Waals surface area contributed by atoms with Gasteiger partial charge in [-0.1, -0.05) is 6.92 Å². The van der Waals surface area contributed by atoms with Gasteiger partial charge in [0.15, 0.2) is 0 Å². The van der Waals surface area contributed by atoms with Crippen LogP contribution in [0.15, 0.2) is 6.33 Å². The van der Waals surface area contributed by atoms with E-state index in [4.69, 9.17) is 0 Å². The predicted octanol–water partition coefficient (Wildman–Crippen LogP) is 0.455. The minimum Gasteiger partial charge on any atom is -0.314 e. The number of nitrogens with one attached hydrogen (secondary N) is 1. The maximum absolute atomic E-state index is 4.42. The highest BCUT2D eigenvalue weighted by Gasteiger charge is 2.25. The zero-order chi connectivity index (χ0) is 15.2. The van der Waals surface area contributed by atoms with Crippen molar-refractivity contribution < 1.29 is 0 Å². The SMILES string of the molecule is CCNC(Cc1ncnn1CC)CC1CN(C)CCN1C. The molecule has 0 aliphatic carbocycles. The highest BCUT2D eigenvalue weighted by Crippen LogP contribution is 2.14. The molecule has 1 aromatic heterocycles. The Morgan fingerprint density at radius 3 is 2.86 bits per heavy atom. The van der Waals surface area contributed by atoms with E-state index < -0.39 is 0 Å². The first-order valence-electron chi connectivity index (χ1n) is 8.12. The molecule has 0 radical (unpaired) electrons. The molecule has 6 nitrogen and oxygen atoms in total. The summed E-state index contributed by atoms with van der Waals surface area (Å²) in [5.74, 6) is 1.09. The van der Waals surface area contributed by atoms with Crippen molar-refractivity contribution in [1.29, 1.82) is 0 Å². The monoisotopic (exact) mass is 294 g/mol.